The molecule has 0 saturated heterocycles. The number of rotatable bonds is 6. The fourth-order valence-electron chi connectivity index (χ4n) is 1.51. The molecular weight excluding hydrogens is 266 g/mol. The van der Waals surface area contributed by atoms with Gasteiger partial charge in [0, 0.05) is 18.7 Å². The Balaban J connectivity index is 1.86. The highest BCUT2D eigenvalue weighted by Crippen LogP contribution is 2.08. The summed E-state index contributed by atoms with van der Waals surface area (Å²) < 4.78 is 6.18. The maximum Gasteiger partial charge on any atom is 0.303 e. The standard InChI is InChI=1S/C11H13N5O4/c1-7-4-10(20-14-7)12-9(17)6-16-5-8(13-15-16)2-3-11(18)19/h4-5H,2-3,6H2,1H3,(H,12,17)(H,18,19). The molecule has 0 fully saturated rings. The number of aliphatic carboxylic acids is 1. The number of nitrogens with zero attached hydrogens (tertiary/aromatic N) is 4. The monoisotopic (exact) mass is 279 g/mol. The van der Waals surface area contributed by atoms with E-state index in [1.54, 1.807) is 13.0 Å². The zero-order valence-electron chi connectivity index (χ0n) is 10.7. The lowest BCUT2D eigenvalue weighted by Gasteiger charge is -1.99. The number of aromatic nitrogens is 4. The summed E-state index contributed by atoms with van der Waals surface area (Å²) in [6.07, 6.45) is 1.79. The minimum Gasteiger partial charge on any atom is -0.481 e. The van der Waals surface area contributed by atoms with E-state index in [-0.39, 0.29) is 31.2 Å². The molecule has 0 saturated carbocycles. The summed E-state index contributed by atoms with van der Waals surface area (Å²) in [5, 5.41) is 22.3. The summed E-state index contributed by atoms with van der Waals surface area (Å²) in [6, 6.07) is 1.59. The van der Waals surface area contributed by atoms with Crippen LogP contribution in [0.1, 0.15) is 17.8 Å². The molecule has 20 heavy (non-hydrogen) atoms. The second-order valence-electron chi connectivity index (χ2n) is 4.18. The van der Waals surface area contributed by atoms with Crippen molar-refractivity contribution in [1.29, 1.82) is 0 Å². The maximum absolute atomic E-state index is 11.7. The molecule has 0 unspecified atom stereocenters. The number of hydrogen-bond donors (Lipinski definition) is 2. The molecule has 2 N–H and O–H groups in total. The predicted molar refractivity (Wildman–Crippen MR) is 65.8 cm³/mol. The summed E-state index contributed by atoms with van der Waals surface area (Å²) in [5.74, 6) is -0.979. The lowest BCUT2D eigenvalue weighted by Crippen LogP contribution is -2.18. The molecule has 0 aliphatic heterocycles. The van der Waals surface area contributed by atoms with Gasteiger partial charge in [0.2, 0.25) is 11.8 Å². The van der Waals surface area contributed by atoms with Crippen molar-refractivity contribution in [2.75, 3.05) is 5.32 Å². The third-order valence-corrected chi connectivity index (χ3v) is 2.38. The molecule has 2 rings (SSSR count). The van der Waals surface area contributed by atoms with Crippen molar-refractivity contribution in [2.24, 2.45) is 0 Å². The van der Waals surface area contributed by atoms with E-state index in [0.29, 0.717) is 11.4 Å². The van der Waals surface area contributed by atoms with Crippen molar-refractivity contribution >= 4 is 17.8 Å². The van der Waals surface area contributed by atoms with Crippen LogP contribution in [0.25, 0.3) is 0 Å². The Hall–Kier alpha value is -2.71. The van der Waals surface area contributed by atoms with Crippen molar-refractivity contribution in [1.82, 2.24) is 20.2 Å². The lowest BCUT2D eigenvalue weighted by molar-refractivity contribution is -0.137. The number of nitrogens with one attached hydrogen (secondary N) is 1. The molecule has 1 amide bonds. The van der Waals surface area contributed by atoms with Crippen molar-refractivity contribution in [2.45, 2.75) is 26.3 Å². The van der Waals surface area contributed by atoms with E-state index in [1.165, 1.54) is 10.9 Å². The van der Waals surface area contributed by atoms with Gasteiger partial charge in [-0.15, -0.1) is 5.10 Å². The average Bonchev–Trinajstić information content (AvgIpc) is 2.96. The Kier molecular flexibility index (Phi) is 4.08. The zero-order chi connectivity index (χ0) is 14.5. The highest BCUT2D eigenvalue weighted by atomic mass is 16.5. The Morgan fingerprint density at radius 2 is 2.30 bits per heavy atom. The topological polar surface area (TPSA) is 123 Å². The highest BCUT2D eigenvalue weighted by molar-refractivity contribution is 5.89. The van der Waals surface area contributed by atoms with Crippen LogP contribution in [0.5, 0.6) is 0 Å². The molecule has 2 aromatic rings. The van der Waals surface area contributed by atoms with E-state index >= 15 is 0 Å². The maximum atomic E-state index is 11.7. The number of aryl methyl sites for hydroxylation is 2. The normalized spacial score (nSPS) is 10.4. The molecular formula is C11H13N5O4. The number of amides is 1. The summed E-state index contributed by atoms with van der Waals surface area (Å²) in [4.78, 5) is 22.1. The van der Waals surface area contributed by atoms with Crippen LogP contribution in [0.15, 0.2) is 16.8 Å². The van der Waals surface area contributed by atoms with Crippen LogP contribution in [0.4, 0.5) is 5.88 Å². The molecule has 106 valence electrons. The highest BCUT2D eigenvalue weighted by Gasteiger charge is 2.09. The van der Waals surface area contributed by atoms with Crippen LogP contribution >= 0.6 is 0 Å². The molecule has 2 aromatic heterocycles. The number of anilines is 1. The number of carbonyl (C=O) groups excluding carboxylic acids is 1. The van der Waals surface area contributed by atoms with Crippen LogP contribution in [-0.2, 0) is 22.6 Å². The van der Waals surface area contributed by atoms with Gasteiger partial charge in [-0.1, -0.05) is 10.4 Å². The van der Waals surface area contributed by atoms with E-state index in [4.69, 9.17) is 9.63 Å². The SMILES string of the molecule is Cc1cc(NC(=O)Cn2cc(CCC(=O)O)nn2)on1. The number of carboxylic acid groups (broad SMARTS) is 1. The van der Waals surface area contributed by atoms with Gasteiger partial charge in [0.05, 0.1) is 17.8 Å². The van der Waals surface area contributed by atoms with Gasteiger partial charge in [0.1, 0.15) is 6.54 Å². The molecule has 2 heterocycles. The molecule has 0 bridgehead atoms. The van der Waals surface area contributed by atoms with Gasteiger partial charge in [-0.05, 0) is 6.92 Å². The first-order chi connectivity index (χ1) is 9.52. The Labute approximate surface area is 113 Å². The lowest BCUT2D eigenvalue weighted by atomic mass is 10.2. The molecule has 0 aliphatic carbocycles. The van der Waals surface area contributed by atoms with E-state index in [1.807, 2.05) is 0 Å². The predicted octanol–water partition coefficient (Wildman–Crippen LogP) is 0.230. The molecule has 0 aliphatic rings. The summed E-state index contributed by atoms with van der Waals surface area (Å²) >= 11 is 0. The summed E-state index contributed by atoms with van der Waals surface area (Å²) in [5.41, 5.74) is 1.19. The minimum atomic E-state index is -0.905. The Bertz CT molecular complexity index is 618. The molecule has 9 nitrogen and oxygen atoms in total. The molecule has 0 radical (unpaired) electrons. The first kappa shape index (κ1) is 13.7. The van der Waals surface area contributed by atoms with E-state index in [9.17, 15) is 9.59 Å². The van der Waals surface area contributed by atoms with Crippen molar-refractivity contribution < 1.29 is 19.2 Å². The average molecular weight is 279 g/mol. The van der Waals surface area contributed by atoms with Crippen LogP contribution in [-0.4, -0.2) is 37.1 Å². The van der Waals surface area contributed by atoms with Crippen molar-refractivity contribution in [3.05, 3.63) is 23.7 Å². The second kappa shape index (κ2) is 5.95. The van der Waals surface area contributed by atoms with Crippen molar-refractivity contribution in [3.63, 3.8) is 0 Å². The van der Waals surface area contributed by atoms with Gasteiger partial charge in [0.15, 0.2) is 0 Å². The third-order valence-electron chi connectivity index (χ3n) is 2.38. The Morgan fingerprint density at radius 3 is 2.95 bits per heavy atom. The van der Waals surface area contributed by atoms with Crippen LogP contribution in [0.3, 0.4) is 0 Å². The Morgan fingerprint density at radius 1 is 1.50 bits per heavy atom. The molecule has 0 spiro atoms. The quantitative estimate of drug-likeness (QED) is 0.775. The fraction of sp³-hybridized carbons (Fsp3) is 0.364. The van der Waals surface area contributed by atoms with Gasteiger partial charge >= 0.3 is 5.97 Å². The minimum absolute atomic E-state index is 0.0256. The van der Waals surface area contributed by atoms with E-state index in [2.05, 4.69) is 20.8 Å². The fourth-order valence-corrected chi connectivity index (χ4v) is 1.51. The molecule has 9 heteroatoms. The third kappa shape index (κ3) is 3.90. The van der Waals surface area contributed by atoms with Gasteiger partial charge in [-0.25, -0.2) is 4.68 Å². The number of carbonyl (C=O) groups is 2. The van der Waals surface area contributed by atoms with Crippen molar-refractivity contribution in [3.8, 4) is 0 Å². The number of carboxylic acids is 1. The van der Waals surface area contributed by atoms with Gasteiger partial charge in [-0.3, -0.25) is 14.9 Å². The molecule has 0 atom stereocenters. The van der Waals surface area contributed by atoms with Gasteiger partial charge in [0.25, 0.3) is 0 Å². The molecule has 0 aromatic carbocycles. The summed E-state index contributed by atoms with van der Waals surface area (Å²) in [7, 11) is 0. The number of hydrogen-bond acceptors (Lipinski definition) is 6. The van der Waals surface area contributed by atoms with Crippen LogP contribution in [0.2, 0.25) is 0 Å². The van der Waals surface area contributed by atoms with Crippen LogP contribution < -0.4 is 5.32 Å². The van der Waals surface area contributed by atoms with Gasteiger partial charge < -0.3 is 9.63 Å². The second-order valence-corrected chi connectivity index (χ2v) is 4.18. The first-order valence-electron chi connectivity index (χ1n) is 5.87. The summed E-state index contributed by atoms with van der Waals surface area (Å²) in [6.45, 7) is 1.70. The van der Waals surface area contributed by atoms with Gasteiger partial charge in [-0.2, -0.15) is 0 Å². The largest absolute Gasteiger partial charge is 0.481 e. The van der Waals surface area contributed by atoms with Crippen LogP contribution in [0, 0.1) is 6.92 Å². The smallest absolute Gasteiger partial charge is 0.303 e. The van der Waals surface area contributed by atoms with E-state index < -0.39 is 5.97 Å². The first-order valence-corrected chi connectivity index (χ1v) is 5.87. The zero-order valence-corrected chi connectivity index (χ0v) is 10.7. The van der Waals surface area contributed by atoms with E-state index in [0.717, 1.165) is 0 Å².